The van der Waals surface area contributed by atoms with Crippen molar-refractivity contribution in [2.45, 2.75) is 6.92 Å². The first kappa shape index (κ1) is 12.0. The first-order chi connectivity index (χ1) is 7.61. The Morgan fingerprint density at radius 3 is 2.56 bits per heavy atom. The molecule has 0 saturated heterocycles. The number of ketones is 1. The lowest BCUT2D eigenvalue weighted by Crippen LogP contribution is -2.02. The smallest absolute Gasteiger partial charge is 0.204 e. The fourth-order valence-electron chi connectivity index (χ4n) is 1.43. The molecule has 0 aliphatic rings. The van der Waals surface area contributed by atoms with Gasteiger partial charge in [-0.15, -0.1) is 11.3 Å². The SMILES string of the molecule is Cc1c(Br)cccc1C(=O)c1sccc1Br. The second-order valence-corrected chi connectivity index (χ2v) is 5.96. The van der Waals surface area contributed by atoms with Crippen LogP contribution in [0, 0.1) is 6.92 Å². The number of hydrogen-bond acceptors (Lipinski definition) is 2. The molecule has 0 bridgehead atoms. The molecular formula is C12H8Br2OS. The number of thiophene rings is 1. The summed E-state index contributed by atoms with van der Waals surface area (Å²) in [5.74, 6) is 0.0701. The molecule has 0 aliphatic heterocycles. The first-order valence-electron chi connectivity index (χ1n) is 4.64. The Morgan fingerprint density at radius 2 is 1.94 bits per heavy atom. The zero-order chi connectivity index (χ0) is 11.7. The van der Waals surface area contributed by atoms with E-state index in [1.807, 2.05) is 36.6 Å². The number of carbonyl (C=O) groups excluding carboxylic acids is 1. The van der Waals surface area contributed by atoms with E-state index >= 15 is 0 Å². The van der Waals surface area contributed by atoms with Gasteiger partial charge in [-0.3, -0.25) is 4.79 Å². The van der Waals surface area contributed by atoms with Gasteiger partial charge in [0.15, 0.2) is 0 Å². The Bertz CT molecular complexity index is 546. The van der Waals surface area contributed by atoms with Crippen molar-refractivity contribution in [3.05, 3.63) is 54.6 Å². The van der Waals surface area contributed by atoms with E-state index in [4.69, 9.17) is 0 Å². The topological polar surface area (TPSA) is 17.1 Å². The summed E-state index contributed by atoms with van der Waals surface area (Å²) in [6.45, 7) is 1.94. The minimum atomic E-state index is 0.0701. The zero-order valence-electron chi connectivity index (χ0n) is 8.46. The van der Waals surface area contributed by atoms with Crippen LogP contribution in [0.25, 0.3) is 0 Å². The van der Waals surface area contributed by atoms with E-state index in [-0.39, 0.29) is 5.78 Å². The molecule has 4 heteroatoms. The maximum Gasteiger partial charge on any atom is 0.204 e. The molecule has 1 nitrogen and oxygen atoms in total. The van der Waals surface area contributed by atoms with E-state index in [2.05, 4.69) is 31.9 Å². The summed E-state index contributed by atoms with van der Waals surface area (Å²) in [6.07, 6.45) is 0. The lowest BCUT2D eigenvalue weighted by Gasteiger charge is -2.05. The van der Waals surface area contributed by atoms with E-state index in [1.54, 1.807) is 0 Å². The lowest BCUT2D eigenvalue weighted by molar-refractivity contribution is 0.104. The van der Waals surface area contributed by atoms with Crippen LogP contribution in [0.15, 0.2) is 38.6 Å². The van der Waals surface area contributed by atoms with Crippen LogP contribution >= 0.6 is 43.2 Å². The Morgan fingerprint density at radius 1 is 1.19 bits per heavy atom. The van der Waals surface area contributed by atoms with Crippen molar-refractivity contribution in [3.8, 4) is 0 Å². The summed E-state index contributed by atoms with van der Waals surface area (Å²) in [7, 11) is 0. The second-order valence-electron chi connectivity index (χ2n) is 3.34. The molecule has 0 aliphatic carbocycles. The highest BCUT2D eigenvalue weighted by Crippen LogP contribution is 2.28. The van der Waals surface area contributed by atoms with Crippen LogP contribution in [-0.4, -0.2) is 5.78 Å². The van der Waals surface area contributed by atoms with Crippen LogP contribution < -0.4 is 0 Å². The molecule has 82 valence electrons. The van der Waals surface area contributed by atoms with Gasteiger partial charge in [0.1, 0.15) is 0 Å². The van der Waals surface area contributed by atoms with Gasteiger partial charge in [0.2, 0.25) is 5.78 Å². The van der Waals surface area contributed by atoms with E-state index in [0.717, 1.165) is 24.9 Å². The fourth-order valence-corrected chi connectivity index (χ4v) is 3.30. The Balaban J connectivity index is 2.50. The minimum Gasteiger partial charge on any atom is -0.288 e. The Hall–Kier alpha value is -0.450. The summed E-state index contributed by atoms with van der Waals surface area (Å²) >= 11 is 8.28. The van der Waals surface area contributed by atoms with E-state index < -0.39 is 0 Å². The molecule has 0 N–H and O–H groups in total. The maximum atomic E-state index is 12.3. The van der Waals surface area contributed by atoms with Crippen LogP contribution in [0.5, 0.6) is 0 Å². The second kappa shape index (κ2) is 4.82. The molecule has 0 unspecified atom stereocenters. The van der Waals surface area contributed by atoms with Crippen molar-refractivity contribution >= 4 is 49.0 Å². The fraction of sp³-hybridized carbons (Fsp3) is 0.0833. The lowest BCUT2D eigenvalue weighted by atomic mass is 10.0. The van der Waals surface area contributed by atoms with E-state index in [1.165, 1.54) is 11.3 Å². The van der Waals surface area contributed by atoms with Crippen molar-refractivity contribution in [3.63, 3.8) is 0 Å². The number of hydrogen-bond donors (Lipinski definition) is 0. The molecule has 0 radical (unpaired) electrons. The largest absolute Gasteiger partial charge is 0.288 e. The van der Waals surface area contributed by atoms with Gasteiger partial charge in [-0.1, -0.05) is 28.1 Å². The van der Waals surface area contributed by atoms with Gasteiger partial charge < -0.3 is 0 Å². The predicted molar refractivity (Wildman–Crippen MR) is 74.3 cm³/mol. The molecule has 1 aromatic carbocycles. The summed E-state index contributed by atoms with van der Waals surface area (Å²) in [4.78, 5) is 13.0. The molecule has 0 saturated carbocycles. The van der Waals surface area contributed by atoms with Gasteiger partial charge in [-0.05, 0) is 45.9 Å². The van der Waals surface area contributed by atoms with E-state index in [0.29, 0.717) is 0 Å². The molecule has 2 rings (SSSR count). The molecule has 0 amide bonds. The van der Waals surface area contributed by atoms with Gasteiger partial charge in [0.25, 0.3) is 0 Å². The molecule has 0 spiro atoms. The number of benzene rings is 1. The van der Waals surface area contributed by atoms with Gasteiger partial charge in [0, 0.05) is 14.5 Å². The standard InChI is InChI=1S/C12H8Br2OS/c1-7-8(3-2-4-9(7)13)11(15)12-10(14)5-6-16-12/h2-6H,1H3. The van der Waals surface area contributed by atoms with Crippen molar-refractivity contribution in [2.24, 2.45) is 0 Å². The molecule has 0 fully saturated rings. The summed E-state index contributed by atoms with van der Waals surface area (Å²) in [5, 5.41) is 1.91. The number of carbonyl (C=O) groups is 1. The predicted octanol–water partition coefficient (Wildman–Crippen LogP) is 4.81. The molecule has 0 atom stereocenters. The van der Waals surface area contributed by atoms with E-state index in [9.17, 15) is 4.79 Å². The highest BCUT2D eigenvalue weighted by atomic mass is 79.9. The highest BCUT2D eigenvalue weighted by molar-refractivity contribution is 9.10. The van der Waals surface area contributed by atoms with Crippen molar-refractivity contribution < 1.29 is 4.79 Å². The van der Waals surface area contributed by atoms with Gasteiger partial charge in [-0.2, -0.15) is 0 Å². The van der Waals surface area contributed by atoms with Gasteiger partial charge in [-0.25, -0.2) is 0 Å². The third-order valence-electron chi connectivity index (χ3n) is 2.34. The molecule has 1 aromatic heterocycles. The number of halogens is 2. The maximum absolute atomic E-state index is 12.3. The monoisotopic (exact) mass is 358 g/mol. The zero-order valence-corrected chi connectivity index (χ0v) is 12.4. The third kappa shape index (κ3) is 2.14. The van der Waals surface area contributed by atoms with Crippen LogP contribution in [-0.2, 0) is 0 Å². The third-order valence-corrected chi connectivity index (χ3v) is 5.03. The minimum absolute atomic E-state index is 0.0701. The first-order valence-corrected chi connectivity index (χ1v) is 7.10. The van der Waals surface area contributed by atoms with Crippen molar-refractivity contribution in [2.75, 3.05) is 0 Å². The van der Waals surface area contributed by atoms with Crippen LogP contribution in [0.3, 0.4) is 0 Å². The average Bonchev–Trinajstić information content (AvgIpc) is 2.68. The van der Waals surface area contributed by atoms with Crippen LogP contribution in [0.2, 0.25) is 0 Å². The van der Waals surface area contributed by atoms with Crippen LogP contribution in [0.4, 0.5) is 0 Å². The summed E-state index contributed by atoms with van der Waals surface area (Å²) in [6, 6.07) is 7.57. The Kier molecular flexibility index (Phi) is 3.62. The Labute approximate surface area is 115 Å². The molecule has 1 heterocycles. The van der Waals surface area contributed by atoms with Gasteiger partial charge in [0.05, 0.1) is 4.88 Å². The van der Waals surface area contributed by atoms with Crippen LogP contribution in [0.1, 0.15) is 20.8 Å². The van der Waals surface area contributed by atoms with Crippen molar-refractivity contribution in [1.82, 2.24) is 0 Å². The summed E-state index contributed by atoms with van der Waals surface area (Å²) in [5.41, 5.74) is 1.73. The van der Waals surface area contributed by atoms with Crippen molar-refractivity contribution in [1.29, 1.82) is 0 Å². The molecule has 16 heavy (non-hydrogen) atoms. The summed E-state index contributed by atoms with van der Waals surface area (Å²) < 4.78 is 1.83. The quantitative estimate of drug-likeness (QED) is 0.703. The normalized spacial score (nSPS) is 10.4. The molecule has 2 aromatic rings. The highest BCUT2D eigenvalue weighted by Gasteiger charge is 2.16. The average molecular weight is 360 g/mol. The number of rotatable bonds is 2. The molecular weight excluding hydrogens is 352 g/mol. The van der Waals surface area contributed by atoms with Gasteiger partial charge >= 0.3 is 0 Å².